The predicted octanol–water partition coefficient (Wildman–Crippen LogP) is 2.09. The van der Waals surface area contributed by atoms with Crippen molar-refractivity contribution in [3.63, 3.8) is 0 Å². The van der Waals surface area contributed by atoms with E-state index in [1.165, 1.54) is 18.4 Å². The van der Waals surface area contributed by atoms with Gasteiger partial charge in [-0.05, 0) is 50.8 Å². The predicted molar refractivity (Wildman–Crippen MR) is 62.7 cm³/mol. The van der Waals surface area contributed by atoms with Gasteiger partial charge in [-0.2, -0.15) is 0 Å². The Morgan fingerprint density at radius 2 is 2.00 bits per heavy atom. The maximum absolute atomic E-state index is 6.04. The highest BCUT2D eigenvalue weighted by Gasteiger charge is 2.28. The molecule has 2 fully saturated rings. The molecule has 2 heterocycles. The Morgan fingerprint density at radius 3 is 2.75 bits per heavy atom. The Labute approximate surface area is 96.2 Å². The van der Waals surface area contributed by atoms with E-state index in [4.69, 9.17) is 4.74 Å². The van der Waals surface area contributed by atoms with Gasteiger partial charge in [0.25, 0.3) is 0 Å². The highest BCUT2D eigenvalue weighted by molar-refractivity contribution is 5.32. The van der Waals surface area contributed by atoms with Gasteiger partial charge in [0, 0.05) is 11.8 Å². The minimum atomic E-state index is 0.355. The Hall–Kier alpha value is -1.09. The normalized spacial score (nSPS) is 22.0. The molecule has 2 aliphatic rings. The second-order valence-corrected chi connectivity index (χ2v) is 4.74. The molecule has 1 aromatic heterocycles. The first kappa shape index (κ1) is 10.1. The molecule has 0 radical (unpaired) electrons. The molecule has 1 aliphatic carbocycles. The molecule has 3 heteroatoms. The van der Waals surface area contributed by atoms with Crippen LogP contribution in [0.5, 0.6) is 5.88 Å². The van der Waals surface area contributed by atoms with E-state index in [1.54, 1.807) is 0 Å². The van der Waals surface area contributed by atoms with Gasteiger partial charge in [0.2, 0.25) is 5.88 Å². The lowest BCUT2D eigenvalue weighted by molar-refractivity contribution is 0.154. The molecular formula is C13H18N2O. The number of rotatable bonds is 3. The van der Waals surface area contributed by atoms with Gasteiger partial charge in [0.1, 0.15) is 6.10 Å². The minimum Gasteiger partial charge on any atom is -0.474 e. The van der Waals surface area contributed by atoms with E-state index < -0.39 is 0 Å². The van der Waals surface area contributed by atoms with E-state index in [9.17, 15) is 0 Å². The number of nitrogens with zero attached hydrogens (tertiary/aromatic N) is 1. The molecule has 1 aliphatic heterocycles. The van der Waals surface area contributed by atoms with Crippen LogP contribution in [-0.4, -0.2) is 24.2 Å². The van der Waals surface area contributed by atoms with Crippen LogP contribution in [0.25, 0.3) is 0 Å². The molecule has 1 saturated carbocycles. The van der Waals surface area contributed by atoms with Crippen molar-refractivity contribution in [1.29, 1.82) is 0 Å². The fraction of sp³-hybridized carbons (Fsp3) is 0.615. The molecule has 0 bridgehead atoms. The summed E-state index contributed by atoms with van der Waals surface area (Å²) in [5.74, 6) is 1.60. The van der Waals surface area contributed by atoms with Crippen LogP contribution in [0.1, 0.15) is 37.2 Å². The van der Waals surface area contributed by atoms with E-state index in [0.717, 1.165) is 31.8 Å². The highest BCUT2D eigenvalue weighted by atomic mass is 16.5. The summed E-state index contributed by atoms with van der Waals surface area (Å²) >= 11 is 0. The summed E-state index contributed by atoms with van der Waals surface area (Å²) in [4.78, 5) is 4.39. The smallest absolute Gasteiger partial charge is 0.217 e. The molecule has 0 unspecified atom stereocenters. The molecule has 86 valence electrons. The Balaban J connectivity index is 1.72. The third-order valence-electron chi connectivity index (χ3n) is 3.38. The van der Waals surface area contributed by atoms with Crippen molar-refractivity contribution < 1.29 is 4.74 Å². The molecule has 0 aromatic carbocycles. The van der Waals surface area contributed by atoms with Gasteiger partial charge in [-0.25, -0.2) is 4.98 Å². The zero-order chi connectivity index (χ0) is 10.8. The van der Waals surface area contributed by atoms with Crippen molar-refractivity contribution in [2.24, 2.45) is 0 Å². The number of ether oxygens (including phenoxy) is 1. The second kappa shape index (κ2) is 4.42. The maximum Gasteiger partial charge on any atom is 0.217 e. The molecule has 0 spiro atoms. The van der Waals surface area contributed by atoms with E-state index in [1.807, 2.05) is 12.3 Å². The van der Waals surface area contributed by atoms with Gasteiger partial charge in [0.05, 0.1) is 0 Å². The Bertz CT molecular complexity index is 357. The monoisotopic (exact) mass is 218 g/mol. The topological polar surface area (TPSA) is 34.1 Å². The van der Waals surface area contributed by atoms with Crippen LogP contribution in [-0.2, 0) is 0 Å². The van der Waals surface area contributed by atoms with Crippen molar-refractivity contribution >= 4 is 0 Å². The molecule has 3 rings (SSSR count). The van der Waals surface area contributed by atoms with Crippen LogP contribution in [0.2, 0.25) is 0 Å². The standard InChI is InChI=1S/C13H18N2O/c1-2-12(10-3-4-10)13(15-7-1)16-11-5-8-14-9-6-11/h1-2,7,10-11,14H,3-6,8-9H2. The number of hydrogen-bond acceptors (Lipinski definition) is 3. The number of pyridine rings is 1. The van der Waals surface area contributed by atoms with E-state index >= 15 is 0 Å². The zero-order valence-corrected chi connectivity index (χ0v) is 9.48. The molecule has 1 saturated heterocycles. The molecule has 1 aromatic rings. The summed E-state index contributed by atoms with van der Waals surface area (Å²) in [5.41, 5.74) is 1.32. The van der Waals surface area contributed by atoms with Crippen LogP contribution in [0.15, 0.2) is 18.3 Å². The first-order valence-electron chi connectivity index (χ1n) is 6.26. The van der Waals surface area contributed by atoms with Crippen molar-refractivity contribution in [1.82, 2.24) is 10.3 Å². The Morgan fingerprint density at radius 1 is 1.19 bits per heavy atom. The number of hydrogen-bond donors (Lipinski definition) is 1. The second-order valence-electron chi connectivity index (χ2n) is 4.74. The lowest BCUT2D eigenvalue weighted by Crippen LogP contribution is -2.34. The SMILES string of the molecule is c1cnc(OC2CCNCC2)c(C2CC2)c1. The zero-order valence-electron chi connectivity index (χ0n) is 9.48. The molecule has 3 nitrogen and oxygen atoms in total. The average molecular weight is 218 g/mol. The van der Waals surface area contributed by atoms with Crippen molar-refractivity contribution in [2.45, 2.75) is 37.7 Å². The largest absolute Gasteiger partial charge is 0.474 e. The number of piperidine rings is 1. The van der Waals surface area contributed by atoms with Crippen LogP contribution >= 0.6 is 0 Å². The van der Waals surface area contributed by atoms with E-state index in [2.05, 4.69) is 16.4 Å². The number of aromatic nitrogens is 1. The Kier molecular flexibility index (Phi) is 2.79. The molecule has 1 N–H and O–H groups in total. The van der Waals surface area contributed by atoms with Crippen molar-refractivity contribution in [3.8, 4) is 5.88 Å². The summed E-state index contributed by atoms with van der Waals surface area (Å²) in [6, 6.07) is 4.18. The fourth-order valence-electron chi connectivity index (χ4n) is 2.28. The van der Waals surface area contributed by atoms with Gasteiger partial charge in [-0.15, -0.1) is 0 Å². The van der Waals surface area contributed by atoms with Gasteiger partial charge in [0.15, 0.2) is 0 Å². The van der Waals surface area contributed by atoms with Crippen LogP contribution in [0.4, 0.5) is 0 Å². The first-order chi connectivity index (χ1) is 7.93. The summed E-state index contributed by atoms with van der Waals surface area (Å²) in [5, 5.41) is 3.35. The third-order valence-corrected chi connectivity index (χ3v) is 3.38. The van der Waals surface area contributed by atoms with Crippen molar-refractivity contribution in [3.05, 3.63) is 23.9 Å². The quantitative estimate of drug-likeness (QED) is 0.843. The molecule has 0 atom stereocenters. The molecule has 0 amide bonds. The lowest BCUT2D eigenvalue weighted by atomic mass is 10.1. The van der Waals surface area contributed by atoms with Crippen LogP contribution in [0, 0.1) is 0 Å². The van der Waals surface area contributed by atoms with Gasteiger partial charge < -0.3 is 10.1 Å². The summed E-state index contributed by atoms with van der Waals surface area (Å²) in [6.45, 7) is 2.13. The van der Waals surface area contributed by atoms with Crippen molar-refractivity contribution in [2.75, 3.05) is 13.1 Å². The first-order valence-corrected chi connectivity index (χ1v) is 6.26. The number of nitrogens with one attached hydrogen (secondary N) is 1. The summed E-state index contributed by atoms with van der Waals surface area (Å²) in [7, 11) is 0. The summed E-state index contributed by atoms with van der Waals surface area (Å²) < 4.78 is 6.04. The van der Waals surface area contributed by atoms with Gasteiger partial charge >= 0.3 is 0 Å². The maximum atomic E-state index is 6.04. The third kappa shape index (κ3) is 2.19. The highest BCUT2D eigenvalue weighted by Crippen LogP contribution is 2.43. The lowest BCUT2D eigenvalue weighted by Gasteiger charge is -2.24. The molecule has 16 heavy (non-hydrogen) atoms. The van der Waals surface area contributed by atoms with Crippen LogP contribution in [0.3, 0.4) is 0 Å². The fourth-order valence-corrected chi connectivity index (χ4v) is 2.28. The molecular weight excluding hydrogens is 200 g/mol. The van der Waals surface area contributed by atoms with Gasteiger partial charge in [-0.1, -0.05) is 6.07 Å². The summed E-state index contributed by atoms with van der Waals surface area (Å²) in [6.07, 6.45) is 6.99. The van der Waals surface area contributed by atoms with Crippen LogP contribution < -0.4 is 10.1 Å². The van der Waals surface area contributed by atoms with E-state index in [0.29, 0.717) is 12.0 Å². The van der Waals surface area contributed by atoms with E-state index in [-0.39, 0.29) is 0 Å². The van der Waals surface area contributed by atoms with Gasteiger partial charge in [-0.3, -0.25) is 0 Å². The minimum absolute atomic E-state index is 0.355. The average Bonchev–Trinajstić information content (AvgIpc) is 3.15.